The Labute approximate surface area is 125 Å². The second-order valence-corrected chi connectivity index (χ2v) is 6.11. The maximum atomic E-state index is 12.3. The summed E-state index contributed by atoms with van der Waals surface area (Å²) in [5.74, 6) is 0.890. The van der Waals surface area contributed by atoms with Crippen LogP contribution in [0.4, 0.5) is 4.79 Å². The second kappa shape index (κ2) is 5.88. The number of carbonyl (C=O) groups excluding carboxylic acids is 2. The molecule has 3 rings (SSSR count). The minimum absolute atomic E-state index is 0.0350. The van der Waals surface area contributed by atoms with E-state index in [4.69, 9.17) is 0 Å². The van der Waals surface area contributed by atoms with Crippen molar-refractivity contribution < 1.29 is 9.59 Å². The molecule has 3 amide bonds. The molecule has 0 unspecified atom stereocenters. The van der Waals surface area contributed by atoms with E-state index >= 15 is 0 Å². The summed E-state index contributed by atoms with van der Waals surface area (Å²) < 4.78 is 0. The summed E-state index contributed by atoms with van der Waals surface area (Å²) in [6.07, 6.45) is 3.84. The Bertz CT molecular complexity index is 529. The van der Waals surface area contributed by atoms with E-state index in [1.165, 1.54) is 10.5 Å². The zero-order chi connectivity index (χ0) is 14.8. The average molecular weight is 286 g/mol. The molecule has 1 aliphatic carbocycles. The van der Waals surface area contributed by atoms with Gasteiger partial charge in [0, 0.05) is 6.54 Å². The summed E-state index contributed by atoms with van der Waals surface area (Å²) >= 11 is 0. The van der Waals surface area contributed by atoms with E-state index in [1.807, 2.05) is 18.2 Å². The van der Waals surface area contributed by atoms with Gasteiger partial charge in [0.2, 0.25) is 0 Å². The van der Waals surface area contributed by atoms with Crippen LogP contribution in [0.5, 0.6) is 0 Å². The fourth-order valence-corrected chi connectivity index (χ4v) is 3.15. The van der Waals surface area contributed by atoms with Crippen molar-refractivity contribution >= 4 is 11.9 Å². The molecule has 2 fully saturated rings. The fourth-order valence-electron chi connectivity index (χ4n) is 3.15. The molecule has 1 aliphatic heterocycles. The van der Waals surface area contributed by atoms with Gasteiger partial charge in [-0.25, -0.2) is 4.79 Å². The molecular formula is C17H22N2O2. The van der Waals surface area contributed by atoms with E-state index < -0.39 is 0 Å². The summed E-state index contributed by atoms with van der Waals surface area (Å²) in [5.41, 5.74) is 1.32. The second-order valence-electron chi connectivity index (χ2n) is 6.11. The van der Waals surface area contributed by atoms with E-state index in [0.717, 1.165) is 25.7 Å². The first-order valence-corrected chi connectivity index (χ1v) is 7.87. The molecule has 2 aliphatic rings. The number of hydrogen-bond donors (Lipinski definition) is 1. The van der Waals surface area contributed by atoms with Crippen LogP contribution >= 0.6 is 0 Å². The number of nitrogens with one attached hydrogen (secondary N) is 1. The van der Waals surface area contributed by atoms with Crippen LogP contribution in [0.3, 0.4) is 0 Å². The zero-order valence-corrected chi connectivity index (χ0v) is 12.4. The number of benzene rings is 1. The van der Waals surface area contributed by atoms with Crippen LogP contribution in [-0.2, 0) is 4.79 Å². The van der Waals surface area contributed by atoms with E-state index in [9.17, 15) is 9.59 Å². The number of hydrogen-bond acceptors (Lipinski definition) is 2. The Morgan fingerprint density at radius 3 is 2.71 bits per heavy atom. The third-order valence-corrected chi connectivity index (χ3v) is 4.52. The minimum atomic E-state index is -0.300. The van der Waals surface area contributed by atoms with Crippen LogP contribution in [0.25, 0.3) is 0 Å². The lowest BCUT2D eigenvalue weighted by molar-refractivity contribution is -0.127. The summed E-state index contributed by atoms with van der Waals surface area (Å²) in [7, 11) is 0. The van der Waals surface area contributed by atoms with E-state index in [0.29, 0.717) is 18.4 Å². The average Bonchev–Trinajstić information content (AvgIpc) is 3.23. The normalized spacial score (nSPS) is 27.9. The van der Waals surface area contributed by atoms with Crippen LogP contribution in [0.15, 0.2) is 30.3 Å². The lowest BCUT2D eigenvalue weighted by Crippen LogP contribution is -2.33. The molecule has 4 nitrogen and oxygen atoms in total. The van der Waals surface area contributed by atoms with Crippen molar-refractivity contribution in [2.24, 2.45) is 5.92 Å². The quantitative estimate of drug-likeness (QED) is 0.817. The van der Waals surface area contributed by atoms with Crippen LogP contribution in [0, 0.1) is 5.92 Å². The van der Waals surface area contributed by atoms with Gasteiger partial charge in [-0.15, -0.1) is 0 Å². The first-order chi connectivity index (χ1) is 10.2. The first-order valence-electron chi connectivity index (χ1n) is 7.87. The maximum Gasteiger partial charge on any atom is 0.324 e. The molecule has 1 aromatic carbocycles. The highest BCUT2D eigenvalue weighted by molar-refractivity contribution is 6.04. The molecular weight excluding hydrogens is 264 g/mol. The molecule has 0 radical (unpaired) electrons. The van der Waals surface area contributed by atoms with Gasteiger partial charge in [0.15, 0.2) is 0 Å². The molecule has 4 heteroatoms. The van der Waals surface area contributed by atoms with Crippen molar-refractivity contribution in [3.63, 3.8) is 0 Å². The highest BCUT2D eigenvalue weighted by atomic mass is 16.2. The van der Waals surface area contributed by atoms with E-state index in [-0.39, 0.29) is 18.0 Å². The fraction of sp³-hybridized carbons (Fsp3) is 0.529. The predicted molar refractivity (Wildman–Crippen MR) is 80.8 cm³/mol. The highest BCUT2D eigenvalue weighted by Gasteiger charge is 2.45. The van der Waals surface area contributed by atoms with Gasteiger partial charge in [-0.3, -0.25) is 9.69 Å². The zero-order valence-electron chi connectivity index (χ0n) is 12.4. The summed E-state index contributed by atoms with van der Waals surface area (Å²) in [4.78, 5) is 25.7. The van der Waals surface area contributed by atoms with Gasteiger partial charge in [0.1, 0.15) is 6.04 Å². The molecule has 1 saturated carbocycles. The molecule has 3 atom stereocenters. The lowest BCUT2D eigenvalue weighted by Gasteiger charge is -2.12. The molecule has 0 aromatic heterocycles. The topological polar surface area (TPSA) is 49.4 Å². The van der Waals surface area contributed by atoms with Crippen molar-refractivity contribution in [3.05, 3.63) is 35.9 Å². The maximum absolute atomic E-state index is 12.3. The number of imide groups is 1. The predicted octanol–water partition coefficient (Wildman–Crippen LogP) is 2.90. The van der Waals surface area contributed by atoms with Crippen molar-refractivity contribution in [1.82, 2.24) is 10.2 Å². The minimum Gasteiger partial charge on any atom is -0.326 e. The Kier molecular flexibility index (Phi) is 3.95. The molecule has 1 saturated heterocycles. The number of amides is 3. The third-order valence-electron chi connectivity index (χ3n) is 4.52. The standard InChI is InChI=1S/C17H22N2O2/c1-2-3-9-15-16(20)19(17(21)18-15)11-13-10-14(13)12-7-5-4-6-8-12/h4-8,13-15H,2-3,9-11H2,1H3,(H,18,21)/t13-,14-,15+/m1/s1. The van der Waals surface area contributed by atoms with E-state index in [1.54, 1.807) is 0 Å². The Morgan fingerprint density at radius 2 is 2.00 bits per heavy atom. The van der Waals surface area contributed by atoms with Gasteiger partial charge < -0.3 is 5.32 Å². The first kappa shape index (κ1) is 14.1. The Hall–Kier alpha value is -1.84. The lowest BCUT2D eigenvalue weighted by atomic mass is 10.1. The Morgan fingerprint density at radius 1 is 1.24 bits per heavy atom. The smallest absolute Gasteiger partial charge is 0.324 e. The number of urea groups is 1. The van der Waals surface area contributed by atoms with Crippen molar-refractivity contribution in [3.8, 4) is 0 Å². The van der Waals surface area contributed by atoms with Gasteiger partial charge in [0.05, 0.1) is 0 Å². The van der Waals surface area contributed by atoms with Gasteiger partial charge in [-0.2, -0.15) is 0 Å². The number of unbranched alkanes of at least 4 members (excludes halogenated alkanes) is 1. The number of carbonyl (C=O) groups is 2. The van der Waals surface area contributed by atoms with Gasteiger partial charge in [-0.05, 0) is 30.2 Å². The van der Waals surface area contributed by atoms with Gasteiger partial charge in [0.25, 0.3) is 5.91 Å². The van der Waals surface area contributed by atoms with Crippen LogP contribution in [0.2, 0.25) is 0 Å². The van der Waals surface area contributed by atoms with Gasteiger partial charge >= 0.3 is 6.03 Å². The molecule has 0 spiro atoms. The monoisotopic (exact) mass is 286 g/mol. The summed E-state index contributed by atoms with van der Waals surface area (Å²) in [6.45, 7) is 2.65. The highest BCUT2D eigenvalue weighted by Crippen LogP contribution is 2.47. The molecule has 1 heterocycles. The van der Waals surface area contributed by atoms with Crippen LogP contribution in [-0.4, -0.2) is 29.4 Å². The van der Waals surface area contributed by atoms with Crippen molar-refractivity contribution in [1.29, 1.82) is 0 Å². The molecule has 1 aromatic rings. The third kappa shape index (κ3) is 2.94. The molecule has 1 N–H and O–H groups in total. The van der Waals surface area contributed by atoms with Gasteiger partial charge in [-0.1, -0.05) is 50.1 Å². The largest absolute Gasteiger partial charge is 0.326 e. The summed E-state index contributed by atoms with van der Waals surface area (Å²) in [5, 5.41) is 2.81. The van der Waals surface area contributed by atoms with Crippen molar-refractivity contribution in [2.75, 3.05) is 6.54 Å². The van der Waals surface area contributed by atoms with Crippen molar-refractivity contribution in [2.45, 2.75) is 44.6 Å². The molecule has 112 valence electrons. The molecule has 21 heavy (non-hydrogen) atoms. The Balaban J connectivity index is 1.57. The van der Waals surface area contributed by atoms with Crippen LogP contribution in [0.1, 0.15) is 44.1 Å². The number of nitrogens with zero attached hydrogens (tertiary/aromatic N) is 1. The van der Waals surface area contributed by atoms with Crippen LogP contribution < -0.4 is 5.32 Å². The van der Waals surface area contributed by atoms with E-state index in [2.05, 4.69) is 24.4 Å². The number of rotatable bonds is 6. The summed E-state index contributed by atoms with van der Waals surface area (Å²) in [6, 6.07) is 9.84. The SMILES string of the molecule is CCCC[C@@H]1NC(=O)N(C[C@H]2C[C@@H]2c2ccccc2)C1=O. The molecule has 0 bridgehead atoms.